The van der Waals surface area contributed by atoms with E-state index in [0.29, 0.717) is 5.92 Å². The first kappa shape index (κ1) is 12.5. The standard InChI is InChI=1S/C12H22N2O/c1-2-3-8-15-9-6-11-5-4-7-12(11,14)10-13/h11H,2-9,14H2,1H3. The molecular formula is C12H22N2O. The van der Waals surface area contributed by atoms with Crippen LogP contribution in [0.1, 0.15) is 45.4 Å². The topological polar surface area (TPSA) is 59.0 Å². The number of nitriles is 1. The van der Waals surface area contributed by atoms with Crippen LogP contribution in [0.4, 0.5) is 0 Å². The van der Waals surface area contributed by atoms with Crippen molar-refractivity contribution in [1.29, 1.82) is 5.26 Å². The molecule has 0 heterocycles. The summed E-state index contributed by atoms with van der Waals surface area (Å²) in [6.07, 6.45) is 6.25. The van der Waals surface area contributed by atoms with Crippen molar-refractivity contribution < 1.29 is 4.74 Å². The van der Waals surface area contributed by atoms with Crippen molar-refractivity contribution in [3.05, 3.63) is 0 Å². The van der Waals surface area contributed by atoms with Gasteiger partial charge in [0.25, 0.3) is 0 Å². The van der Waals surface area contributed by atoms with Gasteiger partial charge in [0.15, 0.2) is 0 Å². The molecule has 15 heavy (non-hydrogen) atoms. The van der Waals surface area contributed by atoms with E-state index in [0.717, 1.165) is 45.3 Å². The van der Waals surface area contributed by atoms with Crippen LogP contribution in [-0.4, -0.2) is 18.8 Å². The summed E-state index contributed by atoms with van der Waals surface area (Å²) in [6, 6.07) is 2.26. The number of unbranched alkanes of at least 4 members (excludes halogenated alkanes) is 1. The minimum absolute atomic E-state index is 0.337. The lowest BCUT2D eigenvalue weighted by Gasteiger charge is -2.23. The Bertz CT molecular complexity index is 224. The molecule has 2 unspecified atom stereocenters. The Labute approximate surface area is 92.6 Å². The maximum atomic E-state index is 9.02. The van der Waals surface area contributed by atoms with Crippen LogP contribution < -0.4 is 5.73 Å². The monoisotopic (exact) mass is 210 g/mol. The van der Waals surface area contributed by atoms with E-state index in [1.807, 2.05) is 0 Å². The number of ether oxygens (including phenoxy) is 1. The number of hydrogen-bond donors (Lipinski definition) is 1. The first-order valence-electron chi connectivity index (χ1n) is 6.01. The minimum Gasteiger partial charge on any atom is -0.381 e. The molecule has 1 rings (SSSR count). The highest BCUT2D eigenvalue weighted by atomic mass is 16.5. The van der Waals surface area contributed by atoms with Crippen LogP contribution in [0, 0.1) is 17.2 Å². The second-order valence-corrected chi connectivity index (χ2v) is 4.50. The van der Waals surface area contributed by atoms with Gasteiger partial charge in [-0.05, 0) is 31.6 Å². The molecule has 0 radical (unpaired) electrons. The first-order valence-corrected chi connectivity index (χ1v) is 6.01. The number of hydrogen-bond acceptors (Lipinski definition) is 3. The average Bonchev–Trinajstić information content (AvgIpc) is 2.61. The van der Waals surface area contributed by atoms with Crippen LogP contribution in [0.5, 0.6) is 0 Å². The van der Waals surface area contributed by atoms with Crippen LogP contribution in [0.25, 0.3) is 0 Å². The van der Waals surface area contributed by atoms with Crippen LogP contribution in [-0.2, 0) is 4.74 Å². The van der Waals surface area contributed by atoms with Crippen LogP contribution in [0.3, 0.4) is 0 Å². The molecular weight excluding hydrogens is 188 g/mol. The number of nitrogens with two attached hydrogens (primary N) is 1. The summed E-state index contributed by atoms with van der Waals surface area (Å²) < 4.78 is 5.51. The van der Waals surface area contributed by atoms with Gasteiger partial charge in [-0.3, -0.25) is 0 Å². The van der Waals surface area contributed by atoms with E-state index in [4.69, 9.17) is 15.7 Å². The highest BCUT2D eigenvalue weighted by Crippen LogP contribution is 2.35. The molecule has 1 aliphatic carbocycles. The first-order chi connectivity index (χ1) is 7.23. The van der Waals surface area contributed by atoms with Crippen molar-refractivity contribution in [2.75, 3.05) is 13.2 Å². The van der Waals surface area contributed by atoms with Gasteiger partial charge in [-0.15, -0.1) is 0 Å². The third-order valence-corrected chi connectivity index (χ3v) is 3.33. The Balaban J connectivity index is 2.18. The Morgan fingerprint density at radius 2 is 2.33 bits per heavy atom. The molecule has 2 N–H and O–H groups in total. The fraction of sp³-hybridized carbons (Fsp3) is 0.917. The molecule has 1 aliphatic rings. The number of nitrogens with zero attached hydrogens (tertiary/aromatic N) is 1. The molecule has 0 aromatic heterocycles. The SMILES string of the molecule is CCCCOCCC1CCCC1(N)C#N. The maximum Gasteiger partial charge on any atom is 0.107 e. The summed E-state index contributed by atoms with van der Waals surface area (Å²) in [5.74, 6) is 0.337. The van der Waals surface area contributed by atoms with Gasteiger partial charge in [-0.2, -0.15) is 5.26 Å². The van der Waals surface area contributed by atoms with Gasteiger partial charge < -0.3 is 10.5 Å². The van der Waals surface area contributed by atoms with Gasteiger partial charge in [0.1, 0.15) is 5.54 Å². The van der Waals surface area contributed by atoms with Crippen LogP contribution >= 0.6 is 0 Å². The Hall–Kier alpha value is -0.590. The van der Waals surface area contributed by atoms with E-state index >= 15 is 0 Å². The van der Waals surface area contributed by atoms with Gasteiger partial charge in [0.2, 0.25) is 0 Å². The van der Waals surface area contributed by atoms with Gasteiger partial charge >= 0.3 is 0 Å². The van der Waals surface area contributed by atoms with E-state index in [2.05, 4.69) is 13.0 Å². The third kappa shape index (κ3) is 3.48. The summed E-state index contributed by atoms with van der Waals surface area (Å²) in [5, 5.41) is 9.02. The zero-order valence-corrected chi connectivity index (χ0v) is 9.67. The maximum absolute atomic E-state index is 9.02. The highest BCUT2D eigenvalue weighted by molar-refractivity contribution is 5.11. The summed E-state index contributed by atoms with van der Waals surface area (Å²) in [7, 11) is 0. The van der Waals surface area contributed by atoms with Crippen molar-refractivity contribution in [3.8, 4) is 6.07 Å². The summed E-state index contributed by atoms with van der Waals surface area (Å²) in [4.78, 5) is 0. The van der Waals surface area contributed by atoms with E-state index in [-0.39, 0.29) is 0 Å². The smallest absolute Gasteiger partial charge is 0.107 e. The number of rotatable bonds is 6. The molecule has 0 aliphatic heterocycles. The van der Waals surface area contributed by atoms with Crippen molar-refractivity contribution in [2.45, 2.75) is 51.0 Å². The lowest BCUT2D eigenvalue weighted by atomic mass is 9.87. The second-order valence-electron chi connectivity index (χ2n) is 4.50. The fourth-order valence-corrected chi connectivity index (χ4v) is 2.23. The Morgan fingerprint density at radius 3 is 3.00 bits per heavy atom. The van der Waals surface area contributed by atoms with E-state index in [9.17, 15) is 0 Å². The summed E-state index contributed by atoms with van der Waals surface area (Å²) >= 11 is 0. The van der Waals surface area contributed by atoms with Gasteiger partial charge in [0, 0.05) is 13.2 Å². The summed E-state index contributed by atoms with van der Waals surface area (Å²) in [5.41, 5.74) is 5.45. The molecule has 0 bridgehead atoms. The molecule has 1 saturated carbocycles. The molecule has 0 spiro atoms. The molecule has 2 atom stereocenters. The molecule has 0 saturated heterocycles. The van der Waals surface area contributed by atoms with Crippen molar-refractivity contribution in [3.63, 3.8) is 0 Å². The predicted octanol–water partition coefficient (Wildman–Crippen LogP) is 2.21. The highest BCUT2D eigenvalue weighted by Gasteiger charge is 2.39. The zero-order valence-electron chi connectivity index (χ0n) is 9.67. The third-order valence-electron chi connectivity index (χ3n) is 3.33. The quantitative estimate of drug-likeness (QED) is 0.684. The van der Waals surface area contributed by atoms with Crippen molar-refractivity contribution in [2.24, 2.45) is 11.7 Å². The molecule has 0 amide bonds. The van der Waals surface area contributed by atoms with E-state index in [1.165, 1.54) is 6.42 Å². The van der Waals surface area contributed by atoms with Gasteiger partial charge in [-0.1, -0.05) is 19.8 Å². The van der Waals surface area contributed by atoms with Crippen molar-refractivity contribution in [1.82, 2.24) is 0 Å². The Kier molecular flexibility index (Phi) is 5.07. The molecule has 3 heteroatoms. The lowest BCUT2D eigenvalue weighted by Crippen LogP contribution is -2.42. The van der Waals surface area contributed by atoms with Crippen molar-refractivity contribution >= 4 is 0 Å². The molecule has 86 valence electrons. The minimum atomic E-state index is -0.575. The largest absolute Gasteiger partial charge is 0.381 e. The second kappa shape index (κ2) is 6.09. The fourth-order valence-electron chi connectivity index (χ4n) is 2.23. The molecule has 3 nitrogen and oxygen atoms in total. The van der Waals surface area contributed by atoms with E-state index in [1.54, 1.807) is 0 Å². The molecule has 0 aromatic rings. The lowest BCUT2D eigenvalue weighted by molar-refractivity contribution is 0.112. The van der Waals surface area contributed by atoms with Gasteiger partial charge in [-0.25, -0.2) is 0 Å². The average molecular weight is 210 g/mol. The van der Waals surface area contributed by atoms with Crippen LogP contribution in [0.15, 0.2) is 0 Å². The normalized spacial score (nSPS) is 30.3. The van der Waals surface area contributed by atoms with Gasteiger partial charge in [0.05, 0.1) is 6.07 Å². The summed E-state index contributed by atoms with van der Waals surface area (Å²) in [6.45, 7) is 3.75. The molecule has 1 fully saturated rings. The molecule has 0 aromatic carbocycles. The zero-order chi connectivity index (χ0) is 11.1. The van der Waals surface area contributed by atoms with Crippen LogP contribution in [0.2, 0.25) is 0 Å². The van der Waals surface area contributed by atoms with E-state index < -0.39 is 5.54 Å². The predicted molar refractivity (Wildman–Crippen MR) is 60.2 cm³/mol. The Morgan fingerprint density at radius 1 is 1.53 bits per heavy atom.